The van der Waals surface area contributed by atoms with E-state index in [1.807, 2.05) is 67.5 Å². The predicted molar refractivity (Wildman–Crippen MR) is 150 cm³/mol. The van der Waals surface area contributed by atoms with Crippen molar-refractivity contribution in [2.24, 2.45) is 0 Å². The molecule has 2 aromatic heterocycles. The van der Waals surface area contributed by atoms with Gasteiger partial charge in [0.15, 0.2) is 0 Å². The van der Waals surface area contributed by atoms with Gasteiger partial charge in [0.1, 0.15) is 6.10 Å². The minimum atomic E-state index is -0.383. The number of aromatic nitrogens is 2. The smallest absolute Gasteiger partial charge is 0.409 e. The van der Waals surface area contributed by atoms with E-state index in [1.54, 1.807) is 11.9 Å². The number of carbonyl (C=O) groups is 3. The van der Waals surface area contributed by atoms with Gasteiger partial charge < -0.3 is 23.7 Å². The van der Waals surface area contributed by atoms with E-state index < -0.39 is 0 Å². The summed E-state index contributed by atoms with van der Waals surface area (Å²) in [6, 6.07) is 15.9. The number of hydrogen-bond donors (Lipinski definition) is 1. The highest BCUT2D eigenvalue weighted by atomic mass is 16.6. The lowest BCUT2D eigenvalue weighted by Gasteiger charge is -2.26. The van der Waals surface area contributed by atoms with E-state index in [0.717, 1.165) is 50.2 Å². The van der Waals surface area contributed by atoms with Crippen molar-refractivity contribution in [2.45, 2.75) is 25.6 Å². The topological polar surface area (TPSA) is 88.8 Å². The second-order valence-corrected chi connectivity index (χ2v) is 10.8. The van der Waals surface area contributed by atoms with Crippen LogP contribution in [0.3, 0.4) is 0 Å². The number of hydrogen-bond acceptors (Lipinski definition) is 5. The molecule has 0 radical (unpaired) electrons. The third-order valence-corrected chi connectivity index (χ3v) is 8.12. The molecule has 2 aliphatic rings. The summed E-state index contributed by atoms with van der Waals surface area (Å²) in [5, 5.41) is 5.98. The number of nitrogens with one attached hydrogen (secondary N) is 1. The summed E-state index contributed by atoms with van der Waals surface area (Å²) in [6.45, 7) is 2.36. The zero-order valence-corrected chi connectivity index (χ0v) is 22.2. The maximum atomic E-state index is 13.3. The summed E-state index contributed by atoms with van der Waals surface area (Å²) >= 11 is 0. The number of rotatable bonds is 4. The molecule has 1 atom stereocenters. The molecule has 1 unspecified atom stereocenters. The Bertz CT molecular complexity index is 1860. The molecule has 9 heteroatoms. The summed E-state index contributed by atoms with van der Waals surface area (Å²) in [5.74, 6) is -0.726. The molecule has 0 saturated carbocycles. The van der Waals surface area contributed by atoms with Crippen molar-refractivity contribution >= 4 is 61.5 Å². The van der Waals surface area contributed by atoms with Crippen LogP contribution < -0.4 is 5.32 Å². The van der Waals surface area contributed by atoms with E-state index in [0.29, 0.717) is 37.2 Å². The Kier molecular flexibility index (Phi) is 5.21. The fourth-order valence-corrected chi connectivity index (χ4v) is 6.30. The van der Waals surface area contributed by atoms with Crippen LogP contribution in [0.5, 0.6) is 0 Å². The molecular weight excluding hydrogens is 494 g/mol. The van der Waals surface area contributed by atoms with E-state index >= 15 is 0 Å². The average Bonchev–Trinajstić information content (AvgIpc) is 3.51. The van der Waals surface area contributed by atoms with Gasteiger partial charge in [0.25, 0.3) is 11.8 Å². The second-order valence-electron chi connectivity index (χ2n) is 10.8. The lowest BCUT2D eigenvalue weighted by Crippen LogP contribution is -2.37. The largest absolute Gasteiger partial charge is 0.444 e. The Labute approximate surface area is 224 Å². The predicted octanol–water partition coefficient (Wildman–Crippen LogP) is 4.19. The number of benzene rings is 3. The first kappa shape index (κ1) is 23.7. The molecule has 0 bridgehead atoms. The minimum Gasteiger partial charge on any atom is -0.444 e. The molecule has 7 rings (SSSR count). The number of imide groups is 1. The highest BCUT2D eigenvalue weighted by Crippen LogP contribution is 2.45. The molecule has 5 aromatic rings. The van der Waals surface area contributed by atoms with E-state index in [2.05, 4.69) is 14.5 Å². The summed E-state index contributed by atoms with van der Waals surface area (Å²) in [6.07, 6.45) is -0.125. The number of nitrogens with zero attached hydrogens (tertiary/aromatic N) is 4. The van der Waals surface area contributed by atoms with Crippen LogP contribution in [0.4, 0.5) is 4.79 Å². The molecule has 0 spiro atoms. The van der Waals surface area contributed by atoms with Gasteiger partial charge in [-0.15, -0.1) is 0 Å². The van der Waals surface area contributed by atoms with Crippen molar-refractivity contribution in [2.75, 3.05) is 34.2 Å². The van der Waals surface area contributed by atoms with Crippen molar-refractivity contribution in [1.29, 1.82) is 0 Å². The Morgan fingerprint density at radius 1 is 0.872 bits per heavy atom. The van der Waals surface area contributed by atoms with Gasteiger partial charge in [0.2, 0.25) is 0 Å². The molecule has 2 aliphatic heterocycles. The van der Waals surface area contributed by atoms with Gasteiger partial charge >= 0.3 is 6.09 Å². The van der Waals surface area contributed by atoms with E-state index in [1.165, 1.54) is 0 Å². The highest BCUT2D eigenvalue weighted by Gasteiger charge is 2.37. The lowest BCUT2D eigenvalue weighted by atomic mass is 9.96. The van der Waals surface area contributed by atoms with Crippen molar-refractivity contribution in [3.05, 3.63) is 59.7 Å². The first-order valence-electron chi connectivity index (χ1n) is 13.2. The van der Waals surface area contributed by atoms with Crippen LogP contribution in [0.15, 0.2) is 48.5 Å². The molecule has 0 saturated heterocycles. The number of aryl methyl sites for hydroxylation is 1. The van der Waals surface area contributed by atoms with Crippen molar-refractivity contribution in [3.8, 4) is 0 Å². The summed E-state index contributed by atoms with van der Waals surface area (Å²) in [7, 11) is 5.70. The minimum absolute atomic E-state index is 0.350. The zero-order chi connectivity index (χ0) is 27.0. The molecule has 198 valence electrons. The molecule has 3 amide bonds. The van der Waals surface area contributed by atoms with Crippen LogP contribution in [0.25, 0.3) is 43.6 Å². The average molecular weight is 524 g/mol. The summed E-state index contributed by atoms with van der Waals surface area (Å²) < 4.78 is 10.5. The molecule has 3 aromatic carbocycles. The first-order valence-corrected chi connectivity index (χ1v) is 13.2. The molecule has 39 heavy (non-hydrogen) atoms. The van der Waals surface area contributed by atoms with Crippen LogP contribution in [0.1, 0.15) is 27.1 Å². The third-order valence-electron chi connectivity index (χ3n) is 8.12. The highest BCUT2D eigenvalue weighted by molar-refractivity contribution is 6.39. The van der Waals surface area contributed by atoms with Gasteiger partial charge in [-0.1, -0.05) is 36.4 Å². The van der Waals surface area contributed by atoms with Crippen LogP contribution in [0.2, 0.25) is 0 Å². The number of likely N-dealkylation sites (N-methyl/N-ethyl adjacent to an activating group) is 2. The van der Waals surface area contributed by atoms with Gasteiger partial charge in [-0.25, -0.2) is 4.79 Å². The first-order chi connectivity index (χ1) is 18.8. The maximum absolute atomic E-state index is 13.3. The van der Waals surface area contributed by atoms with Crippen LogP contribution in [-0.2, 0) is 17.8 Å². The van der Waals surface area contributed by atoms with Crippen molar-refractivity contribution in [1.82, 2.24) is 24.3 Å². The van der Waals surface area contributed by atoms with Gasteiger partial charge in [-0.05, 0) is 26.2 Å². The molecule has 0 fully saturated rings. The quantitative estimate of drug-likeness (QED) is 0.357. The molecule has 0 aliphatic carbocycles. The second kappa shape index (κ2) is 8.57. The Hall–Kier alpha value is -4.37. The van der Waals surface area contributed by atoms with Gasteiger partial charge in [0, 0.05) is 65.7 Å². The molecule has 9 nitrogen and oxygen atoms in total. The standard InChI is InChI=1S/C30H29N5O4/c1-32(2)14-15-33(3)30(38)39-17-12-13-34-20-10-6-4-8-18(20)22-24-25(29(37)31-28(24)36)23-19-9-5-7-11-21(19)35(16-17)27(23)26(22)34/h4-11,17H,12-16H2,1-3H3,(H,31,36,37). The van der Waals surface area contributed by atoms with Crippen LogP contribution >= 0.6 is 0 Å². The van der Waals surface area contributed by atoms with E-state index in [9.17, 15) is 14.4 Å². The van der Waals surface area contributed by atoms with E-state index in [4.69, 9.17) is 4.74 Å². The summed E-state index contributed by atoms with van der Waals surface area (Å²) in [4.78, 5) is 43.2. The maximum Gasteiger partial charge on any atom is 0.409 e. The fourth-order valence-electron chi connectivity index (χ4n) is 6.30. The van der Waals surface area contributed by atoms with Crippen LogP contribution in [-0.4, -0.2) is 77.2 Å². The molecule has 4 heterocycles. The number of para-hydroxylation sites is 2. The van der Waals surface area contributed by atoms with E-state index in [-0.39, 0.29) is 24.0 Å². The van der Waals surface area contributed by atoms with Gasteiger partial charge in [-0.3, -0.25) is 14.9 Å². The Morgan fingerprint density at radius 2 is 1.44 bits per heavy atom. The number of amides is 3. The normalized spacial score (nSPS) is 16.9. The van der Waals surface area contributed by atoms with Crippen molar-refractivity contribution in [3.63, 3.8) is 0 Å². The Morgan fingerprint density at radius 3 is 2.05 bits per heavy atom. The summed E-state index contributed by atoms with van der Waals surface area (Å²) in [5.41, 5.74) is 4.65. The molecular formula is C30H29N5O4. The SMILES string of the molecule is CN(C)CCN(C)C(=O)OC1CCn2c3ccccc3c3c4c(c5c6ccccc6n(c5c32)C1)C(=O)NC4=O. The number of fused-ring (bicyclic) bond motifs is 9. The number of ether oxygens (including phenoxy) is 1. The fraction of sp³-hybridized carbons (Fsp3) is 0.300. The molecule has 1 N–H and O–H groups in total. The third kappa shape index (κ3) is 3.39. The van der Waals surface area contributed by atoms with Crippen LogP contribution in [0, 0.1) is 0 Å². The zero-order valence-electron chi connectivity index (χ0n) is 22.2. The van der Waals surface area contributed by atoms with Gasteiger partial charge in [0.05, 0.1) is 28.7 Å². The lowest BCUT2D eigenvalue weighted by molar-refractivity contribution is 0.0545. The van der Waals surface area contributed by atoms with Crippen molar-refractivity contribution < 1.29 is 19.1 Å². The Balaban J connectivity index is 1.49. The number of carbonyl (C=O) groups excluding carboxylic acids is 3. The monoisotopic (exact) mass is 523 g/mol. The van der Waals surface area contributed by atoms with Gasteiger partial charge in [-0.2, -0.15) is 0 Å².